The van der Waals surface area contributed by atoms with Crippen LogP contribution in [-0.2, 0) is 4.74 Å². The molecule has 0 unspecified atom stereocenters. The van der Waals surface area contributed by atoms with Crippen LogP contribution in [0, 0.1) is 0 Å². The first-order chi connectivity index (χ1) is 13.2. The minimum Gasteiger partial charge on any atom is -0.496 e. The number of carbonyl (C=O) groups excluding carboxylic acids is 1. The number of aromatic nitrogens is 3. The van der Waals surface area contributed by atoms with Crippen LogP contribution in [0.1, 0.15) is 10.4 Å². The van der Waals surface area contributed by atoms with Crippen molar-refractivity contribution in [1.82, 2.24) is 15.2 Å². The molecule has 1 fully saturated rings. The number of hydrogen-bond donors (Lipinski definition) is 1. The van der Waals surface area contributed by atoms with Crippen LogP contribution in [0.2, 0.25) is 0 Å². The second-order valence-corrected chi connectivity index (χ2v) is 6.60. The molecule has 0 radical (unpaired) electrons. The Hall–Kier alpha value is -2.98. The van der Waals surface area contributed by atoms with Gasteiger partial charge in [-0.15, -0.1) is 16.4 Å². The molecule has 1 N–H and O–H groups in total. The van der Waals surface area contributed by atoms with Crippen LogP contribution in [0.25, 0.3) is 10.8 Å². The number of benzene rings is 1. The van der Waals surface area contributed by atoms with Crippen molar-refractivity contribution in [3.05, 3.63) is 35.5 Å². The highest BCUT2D eigenvalue weighted by Gasteiger charge is 2.19. The summed E-state index contributed by atoms with van der Waals surface area (Å²) in [4.78, 5) is 19.5. The van der Waals surface area contributed by atoms with Gasteiger partial charge in [-0.1, -0.05) is 5.10 Å². The lowest BCUT2D eigenvalue weighted by Crippen LogP contribution is -2.36. The zero-order valence-electron chi connectivity index (χ0n) is 14.5. The molecule has 0 bridgehead atoms. The van der Waals surface area contributed by atoms with Crippen LogP contribution >= 0.6 is 11.3 Å². The van der Waals surface area contributed by atoms with Gasteiger partial charge in [-0.05, 0) is 12.1 Å². The summed E-state index contributed by atoms with van der Waals surface area (Å²) < 4.78 is 16.2. The second kappa shape index (κ2) is 7.72. The lowest BCUT2D eigenvalue weighted by atomic mass is 10.1. The van der Waals surface area contributed by atoms with E-state index in [2.05, 4.69) is 25.4 Å². The molecular weight excluding hydrogens is 370 g/mol. The minimum atomic E-state index is -0.389. The number of rotatable bonds is 5. The van der Waals surface area contributed by atoms with E-state index in [1.807, 2.05) is 12.1 Å². The van der Waals surface area contributed by atoms with Crippen molar-refractivity contribution in [2.24, 2.45) is 0 Å². The average Bonchev–Trinajstić information content (AvgIpc) is 3.40. The van der Waals surface area contributed by atoms with Gasteiger partial charge in [0.15, 0.2) is 0 Å². The topological polar surface area (TPSA) is 103 Å². The van der Waals surface area contributed by atoms with Gasteiger partial charge in [0, 0.05) is 24.8 Å². The maximum Gasteiger partial charge on any atom is 0.322 e. The fraction of sp³-hybridized carbons (Fsp3) is 0.294. The van der Waals surface area contributed by atoms with Gasteiger partial charge < -0.3 is 18.8 Å². The first-order valence-corrected chi connectivity index (χ1v) is 9.17. The molecule has 0 atom stereocenters. The SMILES string of the molecule is COc1cc(N2CCOCC2)ccc1C(=O)Nc1nnc(-c2cncs2)o1. The summed E-state index contributed by atoms with van der Waals surface area (Å²) in [5.74, 6) is 0.390. The van der Waals surface area contributed by atoms with Crippen molar-refractivity contribution in [2.45, 2.75) is 0 Å². The summed E-state index contributed by atoms with van der Waals surface area (Å²) in [7, 11) is 1.53. The molecule has 0 aliphatic carbocycles. The molecule has 1 aliphatic rings. The zero-order valence-corrected chi connectivity index (χ0v) is 15.4. The molecule has 27 heavy (non-hydrogen) atoms. The van der Waals surface area contributed by atoms with Crippen LogP contribution < -0.4 is 15.0 Å². The molecule has 140 valence electrons. The molecular formula is C17H17N5O4S. The summed E-state index contributed by atoms with van der Waals surface area (Å²) in [5, 5.41) is 10.4. The van der Waals surface area contributed by atoms with Gasteiger partial charge in [0.05, 0.1) is 37.6 Å². The molecule has 10 heteroatoms. The number of carbonyl (C=O) groups is 1. The van der Waals surface area contributed by atoms with E-state index in [1.165, 1.54) is 18.4 Å². The van der Waals surface area contributed by atoms with Gasteiger partial charge >= 0.3 is 6.01 Å². The van der Waals surface area contributed by atoms with Gasteiger partial charge in [0.25, 0.3) is 11.8 Å². The van der Waals surface area contributed by atoms with Gasteiger partial charge in [-0.25, -0.2) is 0 Å². The van der Waals surface area contributed by atoms with E-state index in [0.29, 0.717) is 30.4 Å². The highest BCUT2D eigenvalue weighted by Crippen LogP contribution is 2.28. The maximum atomic E-state index is 12.6. The summed E-state index contributed by atoms with van der Waals surface area (Å²) in [6, 6.07) is 5.47. The number of thiazole rings is 1. The summed E-state index contributed by atoms with van der Waals surface area (Å²) in [6.07, 6.45) is 1.62. The summed E-state index contributed by atoms with van der Waals surface area (Å²) in [5.41, 5.74) is 3.03. The smallest absolute Gasteiger partial charge is 0.322 e. The average molecular weight is 387 g/mol. The van der Waals surface area contributed by atoms with Gasteiger partial charge in [0.2, 0.25) is 0 Å². The number of amides is 1. The van der Waals surface area contributed by atoms with E-state index in [0.717, 1.165) is 23.7 Å². The number of nitrogens with one attached hydrogen (secondary N) is 1. The quantitative estimate of drug-likeness (QED) is 0.711. The third kappa shape index (κ3) is 3.76. The van der Waals surface area contributed by atoms with E-state index < -0.39 is 0 Å². The monoisotopic (exact) mass is 387 g/mol. The first-order valence-electron chi connectivity index (χ1n) is 8.29. The number of methoxy groups -OCH3 is 1. The molecule has 1 aromatic carbocycles. The standard InChI is InChI=1S/C17H17N5O4S/c1-24-13-8-11(22-4-6-25-7-5-22)2-3-12(13)15(23)19-17-21-20-16(26-17)14-9-18-10-27-14/h2-3,8-10H,4-7H2,1H3,(H,19,21,23). The molecule has 0 spiro atoms. The molecule has 0 saturated carbocycles. The van der Waals surface area contributed by atoms with Gasteiger partial charge in [-0.2, -0.15) is 0 Å². The number of ether oxygens (including phenoxy) is 2. The lowest BCUT2D eigenvalue weighted by molar-refractivity contribution is 0.102. The van der Waals surface area contributed by atoms with Crippen LogP contribution in [0.15, 0.2) is 34.3 Å². The van der Waals surface area contributed by atoms with Crippen molar-refractivity contribution in [2.75, 3.05) is 43.6 Å². The summed E-state index contributed by atoms with van der Waals surface area (Å²) >= 11 is 1.37. The van der Waals surface area contributed by atoms with Crippen molar-refractivity contribution in [3.63, 3.8) is 0 Å². The van der Waals surface area contributed by atoms with Crippen LogP contribution in [0.5, 0.6) is 5.75 Å². The molecule has 1 aliphatic heterocycles. The minimum absolute atomic E-state index is 0.0164. The molecule has 1 saturated heterocycles. The first kappa shape index (κ1) is 17.4. The van der Waals surface area contributed by atoms with Crippen LogP contribution in [0.3, 0.4) is 0 Å². The lowest BCUT2D eigenvalue weighted by Gasteiger charge is -2.29. The molecule has 4 rings (SSSR count). The Bertz CT molecular complexity index is 921. The Morgan fingerprint density at radius 2 is 2.15 bits per heavy atom. The third-order valence-corrected chi connectivity index (χ3v) is 4.86. The fourth-order valence-corrected chi connectivity index (χ4v) is 3.29. The highest BCUT2D eigenvalue weighted by molar-refractivity contribution is 7.13. The molecule has 3 aromatic rings. The summed E-state index contributed by atoms with van der Waals surface area (Å²) in [6.45, 7) is 2.97. The second-order valence-electron chi connectivity index (χ2n) is 5.72. The van der Waals surface area contributed by atoms with Crippen LogP contribution in [0.4, 0.5) is 11.7 Å². The Labute approximate surface area is 158 Å². The van der Waals surface area contributed by atoms with Gasteiger partial charge in [-0.3, -0.25) is 15.1 Å². The molecule has 1 amide bonds. The Morgan fingerprint density at radius 1 is 1.30 bits per heavy atom. The van der Waals surface area contributed by atoms with Crippen molar-refractivity contribution in [1.29, 1.82) is 0 Å². The van der Waals surface area contributed by atoms with E-state index in [9.17, 15) is 4.79 Å². The third-order valence-electron chi connectivity index (χ3n) is 4.09. The largest absolute Gasteiger partial charge is 0.496 e. The van der Waals surface area contributed by atoms with E-state index >= 15 is 0 Å². The number of anilines is 2. The fourth-order valence-electron chi connectivity index (χ4n) is 2.74. The number of hydrogen-bond acceptors (Lipinski definition) is 9. The Kier molecular flexibility index (Phi) is 4.99. The maximum absolute atomic E-state index is 12.6. The van der Waals surface area contributed by atoms with E-state index in [-0.39, 0.29) is 11.9 Å². The Balaban J connectivity index is 1.51. The van der Waals surface area contributed by atoms with Crippen LogP contribution in [-0.4, -0.2) is 54.5 Å². The Morgan fingerprint density at radius 3 is 2.89 bits per heavy atom. The van der Waals surface area contributed by atoms with E-state index in [1.54, 1.807) is 17.8 Å². The molecule has 3 heterocycles. The normalized spacial score (nSPS) is 14.2. The van der Waals surface area contributed by atoms with Gasteiger partial charge in [0.1, 0.15) is 10.6 Å². The molecule has 9 nitrogen and oxygen atoms in total. The zero-order chi connectivity index (χ0) is 18.6. The highest BCUT2D eigenvalue weighted by atomic mass is 32.1. The molecule has 2 aromatic heterocycles. The van der Waals surface area contributed by atoms with Crippen molar-refractivity contribution < 1.29 is 18.7 Å². The number of morpholine rings is 1. The van der Waals surface area contributed by atoms with Crippen molar-refractivity contribution >= 4 is 28.9 Å². The van der Waals surface area contributed by atoms with E-state index in [4.69, 9.17) is 13.9 Å². The number of nitrogens with zero attached hydrogens (tertiary/aromatic N) is 4. The van der Waals surface area contributed by atoms with Crippen molar-refractivity contribution in [3.8, 4) is 16.5 Å². The predicted molar refractivity (Wildman–Crippen MR) is 99.4 cm³/mol. The predicted octanol–water partition coefficient (Wildman–Crippen LogP) is 2.29.